The fourth-order valence-corrected chi connectivity index (χ4v) is 1.85. The van der Waals surface area contributed by atoms with Crippen molar-refractivity contribution in [2.75, 3.05) is 20.6 Å². The number of imide groups is 1. The van der Waals surface area contributed by atoms with Gasteiger partial charge in [0.25, 0.3) is 11.8 Å². The molecule has 1 aliphatic heterocycles. The van der Waals surface area contributed by atoms with E-state index < -0.39 is 0 Å². The normalized spacial score (nSPS) is 17.3. The van der Waals surface area contributed by atoms with Gasteiger partial charge in [0.15, 0.2) is 0 Å². The Bertz CT molecular complexity index is 386. The molecule has 116 valence electrons. The predicted octanol–water partition coefficient (Wildman–Crippen LogP) is 1.15. The van der Waals surface area contributed by atoms with Crippen LogP contribution in [0.5, 0.6) is 0 Å². The molecule has 0 aromatic heterocycles. The third-order valence-electron chi connectivity index (χ3n) is 3.15. The zero-order chi connectivity index (χ0) is 16.1. The molecule has 0 saturated heterocycles. The summed E-state index contributed by atoms with van der Waals surface area (Å²) in [7, 11) is 3.27. The summed E-state index contributed by atoms with van der Waals surface area (Å²) in [6.07, 6.45) is 14.6. The molecule has 1 saturated carbocycles. The van der Waals surface area contributed by atoms with Crippen LogP contribution in [-0.2, 0) is 14.4 Å². The number of terminal acetylenes is 1. The van der Waals surface area contributed by atoms with Crippen molar-refractivity contribution in [3.05, 3.63) is 12.2 Å². The van der Waals surface area contributed by atoms with Crippen LogP contribution in [-0.4, -0.2) is 43.6 Å². The molecule has 2 rings (SSSR count). The smallest absolute Gasteiger partial charge is 0.253 e. The minimum absolute atomic E-state index is 0.241. The van der Waals surface area contributed by atoms with Crippen molar-refractivity contribution in [3.8, 4) is 12.3 Å². The Labute approximate surface area is 126 Å². The molecule has 1 fully saturated rings. The molecular formula is C16H24N2O3. The first-order valence-electron chi connectivity index (χ1n) is 7.09. The van der Waals surface area contributed by atoms with Gasteiger partial charge in [0, 0.05) is 25.1 Å². The Hall–Kier alpha value is -1.93. The Balaban J connectivity index is 0.000000296. The fraction of sp³-hybridized carbons (Fsp3) is 0.562. The first kappa shape index (κ1) is 19.1. The number of hydrogen-bond donors (Lipinski definition) is 1. The largest absolute Gasteiger partial charge is 0.309 e. The zero-order valence-electron chi connectivity index (χ0n) is 12.8. The molecule has 2 aliphatic rings. The second-order valence-corrected chi connectivity index (χ2v) is 4.84. The van der Waals surface area contributed by atoms with Crippen LogP contribution in [0.25, 0.3) is 0 Å². The molecule has 0 atom stereocenters. The van der Waals surface area contributed by atoms with Gasteiger partial charge in [-0.2, -0.15) is 0 Å². The third-order valence-corrected chi connectivity index (χ3v) is 3.15. The Morgan fingerprint density at radius 1 is 1.29 bits per heavy atom. The Kier molecular flexibility index (Phi) is 10.8. The molecule has 1 heterocycles. The number of likely N-dealkylation sites (N-methyl/N-ethyl adjacent to an activating group) is 1. The van der Waals surface area contributed by atoms with E-state index in [1.807, 2.05) is 7.05 Å². The van der Waals surface area contributed by atoms with Gasteiger partial charge in [0.1, 0.15) is 6.29 Å². The molecule has 21 heavy (non-hydrogen) atoms. The molecule has 5 heteroatoms. The maximum absolute atomic E-state index is 10.4. The van der Waals surface area contributed by atoms with Crippen molar-refractivity contribution in [2.45, 2.75) is 32.1 Å². The second-order valence-electron chi connectivity index (χ2n) is 4.84. The van der Waals surface area contributed by atoms with E-state index in [1.54, 1.807) is 0 Å². The van der Waals surface area contributed by atoms with Crippen LogP contribution in [0.1, 0.15) is 32.1 Å². The fourth-order valence-electron chi connectivity index (χ4n) is 1.85. The highest BCUT2D eigenvalue weighted by Gasteiger charge is 2.17. The zero-order valence-corrected chi connectivity index (χ0v) is 12.8. The maximum atomic E-state index is 10.4. The van der Waals surface area contributed by atoms with Gasteiger partial charge in [0.2, 0.25) is 0 Å². The number of rotatable bonds is 2. The summed E-state index contributed by atoms with van der Waals surface area (Å²) in [5.41, 5.74) is 0. The highest BCUT2D eigenvalue weighted by Crippen LogP contribution is 2.21. The average Bonchev–Trinajstić information content (AvgIpc) is 2.81. The van der Waals surface area contributed by atoms with E-state index in [-0.39, 0.29) is 11.8 Å². The molecule has 0 aromatic carbocycles. The molecule has 0 radical (unpaired) electrons. The number of aldehydes is 1. The van der Waals surface area contributed by atoms with Crippen molar-refractivity contribution >= 4 is 18.1 Å². The molecule has 5 nitrogen and oxygen atoms in total. The summed E-state index contributed by atoms with van der Waals surface area (Å²) in [5, 5.41) is 2.78. The lowest BCUT2D eigenvalue weighted by Crippen LogP contribution is -2.24. The van der Waals surface area contributed by atoms with Crippen molar-refractivity contribution < 1.29 is 14.4 Å². The Morgan fingerprint density at radius 2 is 1.81 bits per heavy atom. The molecule has 2 amide bonds. The summed E-state index contributed by atoms with van der Waals surface area (Å²) in [6.45, 7) is 0.667. The lowest BCUT2D eigenvalue weighted by atomic mass is 9.91. The average molecular weight is 292 g/mol. The molecule has 0 unspecified atom stereocenters. The SMILES string of the molecule is C#CCNC.CN1C(=O)C=CC1=O.O=CC1CCCCC1. The number of hydrogen-bond acceptors (Lipinski definition) is 4. The maximum Gasteiger partial charge on any atom is 0.253 e. The van der Waals surface area contributed by atoms with E-state index in [0.717, 1.165) is 24.0 Å². The first-order valence-corrected chi connectivity index (χ1v) is 7.09. The van der Waals surface area contributed by atoms with Gasteiger partial charge < -0.3 is 10.1 Å². The summed E-state index contributed by atoms with van der Waals surface area (Å²) in [4.78, 5) is 32.0. The van der Waals surface area contributed by atoms with Gasteiger partial charge >= 0.3 is 0 Å². The van der Waals surface area contributed by atoms with E-state index in [4.69, 9.17) is 6.42 Å². The van der Waals surface area contributed by atoms with E-state index in [9.17, 15) is 14.4 Å². The van der Waals surface area contributed by atoms with E-state index in [1.165, 1.54) is 38.5 Å². The quantitative estimate of drug-likeness (QED) is 0.471. The monoisotopic (exact) mass is 292 g/mol. The van der Waals surface area contributed by atoms with E-state index in [0.29, 0.717) is 12.5 Å². The number of carbonyl (C=O) groups is 3. The first-order chi connectivity index (χ1) is 10.1. The van der Waals surface area contributed by atoms with E-state index >= 15 is 0 Å². The molecule has 0 bridgehead atoms. The van der Waals surface area contributed by atoms with Crippen molar-refractivity contribution in [1.29, 1.82) is 0 Å². The van der Waals surface area contributed by atoms with Gasteiger partial charge in [-0.25, -0.2) is 0 Å². The van der Waals surface area contributed by atoms with Crippen LogP contribution in [0.15, 0.2) is 12.2 Å². The standard InChI is InChI=1S/C7H12O.C5H5NO2.C4H7N/c8-6-7-4-2-1-3-5-7;1-6-4(7)2-3-5(6)8;1-3-4-5-2/h6-7H,1-5H2;2-3H,1H3;1,5H,4H2,2H3. The lowest BCUT2D eigenvalue weighted by Gasteiger charge is -2.14. The molecule has 0 spiro atoms. The van der Waals surface area contributed by atoms with Gasteiger partial charge in [-0.3, -0.25) is 14.5 Å². The van der Waals surface area contributed by atoms with Crippen LogP contribution >= 0.6 is 0 Å². The highest BCUT2D eigenvalue weighted by molar-refractivity contribution is 6.12. The number of carbonyl (C=O) groups excluding carboxylic acids is 3. The summed E-state index contributed by atoms with van der Waals surface area (Å²) in [6, 6.07) is 0. The van der Waals surface area contributed by atoms with Gasteiger partial charge in [-0.15, -0.1) is 6.42 Å². The highest BCUT2D eigenvalue weighted by atomic mass is 16.2. The van der Waals surface area contributed by atoms with Crippen LogP contribution in [0.2, 0.25) is 0 Å². The molecule has 0 aromatic rings. The predicted molar refractivity (Wildman–Crippen MR) is 82.3 cm³/mol. The lowest BCUT2D eigenvalue weighted by molar-refractivity contribution is -0.135. The van der Waals surface area contributed by atoms with Crippen LogP contribution < -0.4 is 5.32 Å². The van der Waals surface area contributed by atoms with Crippen LogP contribution in [0, 0.1) is 18.3 Å². The summed E-state index contributed by atoms with van der Waals surface area (Å²) in [5.74, 6) is 2.33. The minimum Gasteiger partial charge on any atom is -0.309 e. The van der Waals surface area contributed by atoms with Gasteiger partial charge in [-0.1, -0.05) is 25.2 Å². The van der Waals surface area contributed by atoms with Crippen LogP contribution in [0.3, 0.4) is 0 Å². The molecule has 1 aliphatic carbocycles. The summed E-state index contributed by atoms with van der Waals surface area (Å²) >= 11 is 0. The minimum atomic E-state index is -0.241. The topological polar surface area (TPSA) is 66.5 Å². The summed E-state index contributed by atoms with van der Waals surface area (Å²) < 4.78 is 0. The van der Waals surface area contributed by atoms with Gasteiger partial charge in [-0.05, 0) is 19.9 Å². The molecule has 1 N–H and O–H groups in total. The number of nitrogens with one attached hydrogen (secondary N) is 1. The van der Waals surface area contributed by atoms with Crippen molar-refractivity contribution in [3.63, 3.8) is 0 Å². The van der Waals surface area contributed by atoms with Crippen LogP contribution in [0.4, 0.5) is 0 Å². The number of nitrogens with zero attached hydrogens (tertiary/aromatic N) is 1. The third kappa shape index (κ3) is 8.77. The second kappa shape index (κ2) is 11.9. The van der Waals surface area contributed by atoms with Crippen molar-refractivity contribution in [2.24, 2.45) is 5.92 Å². The Morgan fingerprint density at radius 3 is 2.00 bits per heavy atom. The van der Waals surface area contributed by atoms with Gasteiger partial charge in [0.05, 0.1) is 6.54 Å². The number of amides is 2. The van der Waals surface area contributed by atoms with Crippen molar-refractivity contribution in [1.82, 2.24) is 10.2 Å². The molecular weight excluding hydrogens is 268 g/mol. The van der Waals surface area contributed by atoms with E-state index in [2.05, 4.69) is 11.2 Å².